The molecule has 0 aliphatic heterocycles. The topological polar surface area (TPSA) is 61.1 Å². The largest absolute Gasteiger partial charge is 0.336 e. The third kappa shape index (κ3) is 3.21. The standard InChI is InChI=1S/C21H15ClN2O3S/c1-13-2-8-16(9-3-13)24-20(26)19-17(10-11-28-19)23(21(24)27)12-18(25)14-4-6-15(22)7-5-14/h2-11H,12H2,1H3. The Kier molecular flexibility index (Phi) is 4.75. The van der Waals surface area contributed by atoms with Gasteiger partial charge in [0.05, 0.1) is 17.7 Å². The zero-order valence-corrected chi connectivity index (χ0v) is 16.5. The van der Waals surface area contributed by atoms with Crippen molar-refractivity contribution in [2.24, 2.45) is 0 Å². The highest BCUT2D eigenvalue weighted by molar-refractivity contribution is 7.17. The van der Waals surface area contributed by atoms with E-state index in [9.17, 15) is 14.4 Å². The number of nitrogens with zero attached hydrogens (tertiary/aromatic N) is 2. The number of benzene rings is 2. The Bertz CT molecular complexity index is 1300. The number of halogens is 1. The van der Waals surface area contributed by atoms with Crippen molar-refractivity contribution in [1.82, 2.24) is 9.13 Å². The second-order valence-electron chi connectivity index (χ2n) is 6.41. The van der Waals surface area contributed by atoms with Gasteiger partial charge in [0.2, 0.25) is 0 Å². The van der Waals surface area contributed by atoms with E-state index in [-0.39, 0.29) is 17.9 Å². The monoisotopic (exact) mass is 410 g/mol. The lowest BCUT2D eigenvalue weighted by Crippen LogP contribution is -2.39. The van der Waals surface area contributed by atoms with Gasteiger partial charge in [0, 0.05) is 10.6 Å². The fourth-order valence-corrected chi connectivity index (χ4v) is 3.98. The van der Waals surface area contributed by atoms with Gasteiger partial charge in [-0.05, 0) is 54.8 Å². The summed E-state index contributed by atoms with van der Waals surface area (Å²) in [6.07, 6.45) is 0. The van der Waals surface area contributed by atoms with Crippen LogP contribution in [0.4, 0.5) is 0 Å². The Labute approximate surface area is 169 Å². The number of carbonyl (C=O) groups is 1. The van der Waals surface area contributed by atoms with Crippen molar-refractivity contribution in [3.05, 3.63) is 97.0 Å². The third-order valence-corrected chi connectivity index (χ3v) is 5.66. The number of hydrogen-bond donors (Lipinski definition) is 0. The average Bonchev–Trinajstić information content (AvgIpc) is 3.17. The summed E-state index contributed by atoms with van der Waals surface area (Å²) >= 11 is 7.13. The number of rotatable bonds is 4. The Balaban J connectivity index is 1.88. The van der Waals surface area contributed by atoms with Gasteiger partial charge >= 0.3 is 5.69 Å². The Morgan fingerprint density at radius 1 is 1.00 bits per heavy atom. The van der Waals surface area contributed by atoms with Crippen molar-refractivity contribution in [2.75, 3.05) is 0 Å². The molecule has 0 bridgehead atoms. The van der Waals surface area contributed by atoms with Crippen LogP contribution in [0, 0.1) is 6.92 Å². The lowest BCUT2D eigenvalue weighted by molar-refractivity contribution is 0.0971. The van der Waals surface area contributed by atoms with Gasteiger partial charge in [-0.25, -0.2) is 9.36 Å². The second-order valence-corrected chi connectivity index (χ2v) is 7.76. The number of aryl methyl sites for hydroxylation is 1. The summed E-state index contributed by atoms with van der Waals surface area (Å²) in [6.45, 7) is 1.76. The number of thiophene rings is 1. The van der Waals surface area contributed by atoms with Crippen molar-refractivity contribution in [1.29, 1.82) is 0 Å². The van der Waals surface area contributed by atoms with Gasteiger partial charge in [0.15, 0.2) is 5.78 Å². The molecule has 0 amide bonds. The summed E-state index contributed by atoms with van der Waals surface area (Å²) in [5.41, 5.74) is 1.49. The van der Waals surface area contributed by atoms with E-state index >= 15 is 0 Å². The lowest BCUT2D eigenvalue weighted by Gasteiger charge is -2.12. The molecule has 7 heteroatoms. The molecule has 0 atom stereocenters. The van der Waals surface area contributed by atoms with E-state index < -0.39 is 5.69 Å². The van der Waals surface area contributed by atoms with Crippen LogP contribution >= 0.6 is 22.9 Å². The first kappa shape index (κ1) is 18.4. The predicted molar refractivity (Wildman–Crippen MR) is 112 cm³/mol. The first-order valence-corrected chi connectivity index (χ1v) is 9.80. The first-order valence-electron chi connectivity index (χ1n) is 8.54. The molecule has 2 aromatic carbocycles. The van der Waals surface area contributed by atoms with Crippen LogP contribution in [0.1, 0.15) is 15.9 Å². The zero-order valence-electron chi connectivity index (χ0n) is 14.9. The fraction of sp³-hybridized carbons (Fsp3) is 0.0952. The van der Waals surface area contributed by atoms with E-state index in [1.165, 1.54) is 15.9 Å². The molecule has 140 valence electrons. The summed E-state index contributed by atoms with van der Waals surface area (Å²) in [7, 11) is 0. The van der Waals surface area contributed by atoms with Gasteiger partial charge in [0.25, 0.3) is 5.56 Å². The van der Waals surface area contributed by atoms with Crippen molar-refractivity contribution >= 4 is 38.9 Å². The van der Waals surface area contributed by atoms with Crippen LogP contribution in [-0.2, 0) is 6.54 Å². The predicted octanol–water partition coefficient (Wildman–Crippen LogP) is 4.06. The maximum Gasteiger partial charge on any atom is 0.336 e. The quantitative estimate of drug-likeness (QED) is 0.477. The number of ketones is 1. The fourth-order valence-electron chi connectivity index (χ4n) is 3.03. The van der Waals surface area contributed by atoms with Crippen molar-refractivity contribution in [2.45, 2.75) is 13.5 Å². The smallest absolute Gasteiger partial charge is 0.292 e. The number of hydrogen-bond acceptors (Lipinski definition) is 4. The van der Waals surface area contributed by atoms with E-state index in [0.717, 1.165) is 10.1 Å². The van der Waals surface area contributed by atoms with Gasteiger partial charge < -0.3 is 0 Å². The van der Waals surface area contributed by atoms with Crippen LogP contribution in [0.3, 0.4) is 0 Å². The summed E-state index contributed by atoms with van der Waals surface area (Å²) < 4.78 is 2.90. The second kappa shape index (κ2) is 7.22. The van der Waals surface area contributed by atoms with E-state index in [2.05, 4.69) is 0 Å². The van der Waals surface area contributed by atoms with Crippen molar-refractivity contribution < 1.29 is 4.79 Å². The van der Waals surface area contributed by atoms with Gasteiger partial charge in [-0.1, -0.05) is 29.3 Å². The highest BCUT2D eigenvalue weighted by Crippen LogP contribution is 2.18. The Morgan fingerprint density at radius 3 is 2.36 bits per heavy atom. The summed E-state index contributed by atoms with van der Waals surface area (Å²) in [6, 6.07) is 15.3. The highest BCUT2D eigenvalue weighted by Gasteiger charge is 2.18. The molecule has 0 spiro atoms. The Morgan fingerprint density at radius 2 is 1.68 bits per heavy atom. The lowest BCUT2D eigenvalue weighted by atomic mass is 10.1. The van der Waals surface area contributed by atoms with Crippen LogP contribution in [0.25, 0.3) is 15.9 Å². The van der Waals surface area contributed by atoms with Crippen LogP contribution < -0.4 is 11.2 Å². The third-order valence-electron chi connectivity index (χ3n) is 4.51. The molecule has 0 fully saturated rings. The highest BCUT2D eigenvalue weighted by atomic mass is 35.5. The minimum Gasteiger partial charge on any atom is -0.292 e. The SMILES string of the molecule is Cc1ccc(-n2c(=O)c3sccc3n(CC(=O)c3ccc(Cl)cc3)c2=O)cc1. The summed E-state index contributed by atoms with van der Waals surface area (Å²) in [4.78, 5) is 38.8. The minimum atomic E-state index is -0.540. The van der Waals surface area contributed by atoms with Crippen molar-refractivity contribution in [3.63, 3.8) is 0 Å². The molecule has 28 heavy (non-hydrogen) atoms. The molecule has 0 unspecified atom stereocenters. The number of aromatic nitrogens is 2. The molecule has 0 radical (unpaired) electrons. The van der Waals surface area contributed by atoms with Gasteiger partial charge in [0.1, 0.15) is 4.70 Å². The molecular weight excluding hydrogens is 396 g/mol. The molecule has 2 aromatic heterocycles. The van der Waals surface area contributed by atoms with Gasteiger partial charge in [-0.15, -0.1) is 11.3 Å². The molecule has 0 aliphatic rings. The first-order chi connectivity index (χ1) is 13.5. The van der Waals surface area contributed by atoms with Gasteiger partial charge in [-0.3, -0.25) is 14.2 Å². The Hall–Kier alpha value is -2.96. The summed E-state index contributed by atoms with van der Waals surface area (Å²) in [5.74, 6) is -0.236. The summed E-state index contributed by atoms with van der Waals surface area (Å²) in [5, 5.41) is 2.27. The molecule has 4 rings (SSSR count). The van der Waals surface area contributed by atoms with Crippen LogP contribution in [-0.4, -0.2) is 14.9 Å². The molecule has 0 N–H and O–H groups in total. The van der Waals surface area contributed by atoms with E-state index in [4.69, 9.17) is 11.6 Å². The molecule has 5 nitrogen and oxygen atoms in total. The molecule has 0 saturated heterocycles. The van der Waals surface area contributed by atoms with Crippen molar-refractivity contribution in [3.8, 4) is 5.69 Å². The maximum absolute atomic E-state index is 13.2. The number of Topliss-reactive ketones (excluding diaryl/α,β-unsaturated/α-hetero) is 1. The molecule has 0 saturated carbocycles. The normalized spacial score (nSPS) is 11.1. The van der Waals surface area contributed by atoms with E-state index in [1.807, 2.05) is 19.1 Å². The van der Waals surface area contributed by atoms with Crippen LogP contribution in [0.15, 0.2) is 69.6 Å². The molecular formula is C21H15ClN2O3S. The van der Waals surface area contributed by atoms with E-state index in [0.29, 0.717) is 26.5 Å². The average molecular weight is 411 g/mol. The zero-order chi connectivity index (χ0) is 19.8. The maximum atomic E-state index is 13.2. The van der Waals surface area contributed by atoms with E-state index in [1.54, 1.807) is 47.8 Å². The number of fused-ring (bicyclic) bond motifs is 1. The molecule has 4 aromatic rings. The number of carbonyl (C=O) groups excluding carboxylic acids is 1. The van der Waals surface area contributed by atoms with Crippen LogP contribution in [0.5, 0.6) is 0 Å². The molecule has 0 aliphatic carbocycles. The van der Waals surface area contributed by atoms with Gasteiger partial charge in [-0.2, -0.15) is 0 Å². The molecule has 2 heterocycles. The van der Waals surface area contributed by atoms with Crippen LogP contribution in [0.2, 0.25) is 5.02 Å². The minimum absolute atomic E-state index is 0.167.